The highest BCUT2D eigenvalue weighted by Crippen LogP contribution is 2.20. The van der Waals surface area contributed by atoms with Gasteiger partial charge in [-0.15, -0.1) is 5.10 Å². The number of amidine groups is 1. The molecule has 1 N–H and O–H groups in total. The van der Waals surface area contributed by atoms with Gasteiger partial charge in [0.25, 0.3) is 5.91 Å². The summed E-state index contributed by atoms with van der Waals surface area (Å²) in [7, 11) is 0. The molecule has 0 saturated carbocycles. The van der Waals surface area contributed by atoms with Crippen molar-refractivity contribution in [1.29, 1.82) is 0 Å². The lowest BCUT2D eigenvalue weighted by Crippen LogP contribution is -2.51. The smallest absolute Gasteiger partial charge is 0.276 e. The van der Waals surface area contributed by atoms with Gasteiger partial charge in [-0.2, -0.15) is 0 Å². The van der Waals surface area contributed by atoms with Crippen LogP contribution < -0.4 is 15.9 Å². The number of amides is 1. The number of hydrazone groups is 1. The molecule has 2 aliphatic rings. The molecule has 104 valence electrons. The lowest BCUT2D eigenvalue weighted by Gasteiger charge is -2.32. The summed E-state index contributed by atoms with van der Waals surface area (Å²) in [6.07, 6.45) is 0.877. The van der Waals surface area contributed by atoms with Crippen LogP contribution in [-0.4, -0.2) is 28.0 Å². The minimum Gasteiger partial charge on any atom is -0.298 e. The van der Waals surface area contributed by atoms with Gasteiger partial charge in [0.05, 0.1) is 5.36 Å². The van der Waals surface area contributed by atoms with Crippen molar-refractivity contribution in [3.8, 4) is 0 Å². The monoisotopic (exact) mass is 288 g/mol. The van der Waals surface area contributed by atoms with Crippen LogP contribution in [0.4, 0.5) is 0 Å². The van der Waals surface area contributed by atoms with Crippen molar-refractivity contribution in [2.24, 2.45) is 10.1 Å². The van der Waals surface area contributed by atoms with Crippen molar-refractivity contribution in [1.82, 2.24) is 10.3 Å². The van der Waals surface area contributed by atoms with Crippen LogP contribution in [0.1, 0.15) is 20.3 Å². The Labute approximate surface area is 121 Å². The third kappa shape index (κ3) is 2.20. The maximum Gasteiger partial charge on any atom is 0.276 e. The van der Waals surface area contributed by atoms with Gasteiger partial charge in [0.1, 0.15) is 11.9 Å². The molecule has 5 nitrogen and oxygen atoms in total. The Kier molecular flexibility index (Phi) is 3.48. The van der Waals surface area contributed by atoms with Gasteiger partial charge in [0.2, 0.25) is 0 Å². The summed E-state index contributed by atoms with van der Waals surface area (Å²) >= 11 is 1.56. The van der Waals surface area contributed by atoms with Gasteiger partial charge in [-0.05, 0) is 19.4 Å². The van der Waals surface area contributed by atoms with Gasteiger partial charge in [0.15, 0.2) is 5.17 Å². The van der Waals surface area contributed by atoms with Crippen molar-refractivity contribution in [3.63, 3.8) is 0 Å². The Morgan fingerprint density at radius 3 is 3.00 bits per heavy atom. The molecule has 6 heteroatoms. The van der Waals surface area contributed by atoms with Crippen molar-refractivity contribution < 1.29 is 4.79 Å². The highest BCUT2D eigenvalue weighted by atomic mass is 32.2. The van der Waals surface area contributed by atoms with E-state index in [-0.39, 0.29) is 12.1 Å². The zero-order chi connectivity index (χ0) is 14.1. The first kappa shape index (κ1) is 13.2. The first-order chi connectivity index (χ1) is 9.70. The predicted molar refractivity (Wildman–Crippen MR) is 80.3 cm³/mol. The first-order valence-electron chi connectivity index (χ1n) is 6.70. The highest BCUT2D eigenvalue weighted by Gasteiger charge is 2.31. The van der Waals surface area contributed by atoms with E-state index in [2.05, 4.69) is 22.3 Å². The quantitative estimate of drug-likeness (QED) is 0.868. The predicted octanol–water partition coefficient (Wildman–Crippen LogP) is 0.620. The molecule has 20 heavy (non-hydrogen) atoms. The number of para-hydroxylation sites is 1. The fourth-order valence-electron chi connectivity index (χ4n) is 2.26. The molecule has 3 rings (SSSR count). The van der Waals surface area contributed by atoms with Gasteiger partial charge in [-0.25, -0.2) is 5.01 Å². The van der Waals surface area contributed by atoms with Gasteiger partial charge in [-0.3, -0.25) is 15.1 Å². The Morgan fingerprint density at radius 2 is 2.20 bits per heavy atom. The van der Waals surface area contributed by atoms with Gasteiger partial charge in [-0.1, -0.05) is 36.9 Å². The number of thioether (sulfide) groups is 1. The van der Waals surface area contributed by atoms with Crippen molar-refractivity contribution in [3.05, 3.63) is 34.8 Å². The molecule has 2 aliphatic heterocycles. The fraction of sp³-hybridized carbons (Fsp3) is 0.357. The minimum atomic E-state index is -0.164. The maximum absolute atomic E-state index is 12.4. The van der Waals surface area contributed by atoms with E-state index in [4.69, 9.17) is 0 Å². The van der Waals surface area contributed by atoms with E-state index in [1.165, 1.54) is 0 Å². The van der Waals surface area contributed by atoms with Crippen molar-refractivity contribution in [2.45, 2.75) is 26.4 Å². The van der Waals surface area contributed by atoms with Crippen molar-refractivity contribution >= 4 is 28.5 Å². The zero-order valence-electron chi connectivity index (χ0n) is 11.5. The molecule has 0 aliphatic carbocycles. The van der Waals surface area contributed by atoms with Crippen LogP contribution in [0.3, 0.4) is 0 Å². The Balaban J connectivity index is 2.11. The number of fused-ring (bicyclic) bond motifs is 2. The number of carbonyl (C=O) groups excluding carboxylic acids is 1. The molecule has 1 atom stereocenters. The number of nitrogens with one attached hydrogen (secondary N) is 1. The second-order valence-corrected chi connectivity index (χ2v) is 5.76. The maximum atomic E-state index is 12.4. The second-order valence-electron chi connectivity index (χ2n) is 4.68. The molecule has 0 aromatic heterocycles. The summed E-state index contributed by atoms with van der Waals surface area (Å²) in [4.78, 5) is 17.0. The van der Waals surface area contributed by atoms with E-state index in [1.807, 2.05) is 31.2 Å². The average molecular weight is 288 g/mol. The minimum absolute atomic E-state index is 0.104. The van der Waals surface area contributed by atoms with E-state index in [1.54, 1.807) is 16.8 Å². The number of benzene rings is 1. The Hall–Kier alpha value is -1.82. The third-order valence-corrected chi connectivity index (χ3v) is 4.21. The molecular formula is C14H16N4OS. The zero-order valence-corrected chi connectivity index (χ0v) is 12.3. The van der Waals surface area contributed by atoms with Crippen LogP contribution in [0.2, 0.25) is 0 Å². The van der Waals surface area contributed by atoms with Crippen LogP contribution in [0.5, 0.6) is 0 Å². The van der Waals surface area contributed by atoms with Crippen LogP contribution in [0.25, 0.3) is 5.70 Å². The molecule has 0 fully saturated rings. The van der Waals surface area contributed by atoms with Gasteiger partial charge >= 0.3 is 0 Å². The third-order valence-electron chi connectivity index (χ3n) is 3.15. The lowest BCUT2D eigenvalue weighted by atomic mass is 10.2. The van der Waals surface area contributed by atoms with E-state index in [0.29, 0.717) is 10.9 Å². The summed E-state index contributed by atoms with van der Waals surface area (Å²) in [6, 6.07) is 7.67. The summed E-state index contributed by atoms with van der Waals surface area (Å²) < 4.78 is 0. The number of carbonyl (C=O) groups is 1. The fourth-order valence-corrected chi connectivity index (χ4v) is 2.96. The van der Waals surface area contributed by atoms with E-state index in [9.17, 15) is 4.79 Å². The largest absolute Gasteiger partial charge is 0.298 e. The molecule has 0 saturated heterocycles. The molecule has 0 radical (unpaired) electrons. The molecule has 0 unspecified atom stereocenters. The Bertz CT molecular complexity index is 697. The van der Waals surface area contributed by atoms with Crippen LogP contribution in [0.15, 0.2) is 34.4 Å². The summed E-state index contributed by atoms with van der Waals surface area (Å²) in [5.41, 5.74) is 0.587. The van der Waals surface area contributed by atoms with E-state index >= 15 is 0 Å². The molecule has 1 amide bonds. The standard InChI is InChI=1S/C14H16N4OS/c1-3-8-20-14-16-13(19)12-10-6-4-5-7-11(10)15-9(2)18(12)17-14/h4-7,9H,3,8H2,1-2H3,(H,16,17,19)/t9-/m1/s1. The van der Waals surface area contributed by atoms with E-state index in [0.717, 1.165) is 22.7 Å². The molecule has 1 aromatic rings. The number of hydrogen-bond acceptors (Lipinski definition) is 5. The van der Waals surface area contributed by atoms with Crippen molar-refractivity contribution in [2.75, 3.05) is 5.75 Å². The van der Waals surface area contributed by atoms with Crippen LogP contribution in [-0.2, 0) is 4.79 Å². The topological polar surface area (TPSA) is 57.1 Å². The second kappa shape index (κ2) is 5.28. The first-order valence-corrected chi connectivity index (χ1v) is 7.68. The summed E-state index contributed by atoms with van der Waals surface area (Å²) in [5, 5.41) is 11.5. The van der Waals surface area contributed by atoms with Gasteiger partial charge < -0.3 is 0 Å². The number of nitrogens with zero attached hydrogens (tertiary/aromatic N) is 3. The molecule has 0 spiro atoms. The lowest BCUT2D eigenvalue weighted by molar-refractivity contribution is -0.116. The van der Waals surface area contributed by atoms with Gasteiger partial charge in [0, 0.05) is 11.0 Å². The number of rotatable bonds is 2. The normalized spacial score (nSPS) is 20.6. The van der Waals surface area contributed by atoms with Crippen LogP contribution >= 0.6 is 11.8 Å². The Morgan fingerprint density at radius 1 is 1.40 bits per heavy atom. The number of hydrogen-bond donors (Lipinski definition) is 1. The molecule has 1 aromatic carbocycles. The summed E-state index contributed by atoms with van der Waals surface area (Å²) in [6.45, 7) is 4.05. The van der Waals surface area contributed by atoms with E-state index < -0.39 is 0 Å². The van der Waals surface area contributed by atoms with Crippen LogP contribution in [0, 0.1) is 0 Å². The highest BCUT2D eigenvalue weighted by molar-refractivity contribution is 8.13. The molecule has 0 bridgehead atoms. The summed E-state index contributed by atoms with van der Waals surface area (Å²) in [5.74, 6) is 0.831. The average Bonchev–Trinajstić information content (AvgIpc) is 2.45. The molecular weight excluding hydrogens is 272 g/mol. The SMILES string of the molecule is CCCSC1=NN2C(=c3ccccc3=N[C@H]2C)C(=O)N1. The molecule has 2 heterocycles.